The van der Waals surface area contributed by atoms with Gasteiger partial charge in [-0.15, -0.1) is 0 Å². The lowest BCUT2D eigenvalue weighted by Gasteiger charge is -2.19. The van der Waals surface area contributed by atoms with Crippen LogP contribution in [0.4, 0.5) is 10.5 Å². The second kappa shape index (κ2) is 13.5. The number of benzene rings is 4. The largest absolute Gasteiger partial charge is 0.445 e. The van der Waals surface area contributed by atoms with E-state index in [1.165, 1.54) is 18.2 Å². The molecule has 0 fully saturated rings. The van der Waals surface area contributed by atoms with Crippen LogP contribution in [0.25, 0.3) is 0 Å². The average molecular weight is 563 g/mol. The van der Waals surface area contributed by atoms with E-state index in [0.29, 0.717) is 10.7 Å². The fourth-order valence-corrected chi connectivity index (χ4v) is 3.93. The third-order valence-electron chi connectivity index (χ3n) is 5.57. The molecule has 0 aliphatic carbocycles. The molecular weight excluding hydrogens is 539 g/mol. The van der Waals surface area contributed by atoms with Crippen molar-refractivity contribution in [3.63, 3.8) is 0 Å². The number of carbonyl (C=O) groups is 3. The Balaban J connectivity index is 1.50. The third-order valence-corrected chi connectivity index (χ3v) is 6.06. The Morgan fingerprint density at radius 3 is 2.03 bits per heavy atom. The molecule has 0 spiro atoms. The number of halogens is 2. The highest BCUT2D eigenvalue weighted by molar-refractivity contribution is 6.31. The molecule has 0 aliphatic heterocycles. The molecule has 0 saturated heterocycles. The van der Waals surface area contributed by atoms with Gasteiger partial charge in [0.2, 0.25) is 0 Å². The van der Waals surface area contributed by atoms with E-state index in [2.05, 4.69) is 10.6 Å². The Morgan fingerprint density at radius 1 is 0.744 bits per heavy atom. The van der Waals surface area contributed by atoms with Crippen molar-refractivity contribution in [3.05, 3.63) is 130 Å². The summed E-state index contributed by atoms with van der Waals surface area (Å²) < 4.78 is 10.9. The van der Waals surface area contributed by atoms with Gasteiger partial charge in [-0.25, -0.2) is 9.59 Å². The lowest BCUT2D eigenvalue weighted by atomic mass is 10.1. The quantitative estimate of drug-likeness (QED) is 0.175. The maximum absolute atomic E-state index is 13.3. The molecule has 4 aromatic rings. The van der Waals surface area contributed by atoms with Crippen LogP contribution in [0.3, 0.4) is 0 Å². The van der Waals surface area contributed by atoms with Gasteiger partial charge in [0.15, 0.2) is 0 Å². The van der Waals surface area contributed by atoms with Crippen molar-refractivity contribution in [1.82, 2.24) is 5.32 Å². The van der Waals surface area contributed by atoms with Crippen molar-refractivity contribution in [1.29, 1.82) is 0 Å². The first-order chi connectivity index (χ1) is 18.9. The second-order valence-electron chi connectivity index (χ2n) is 8.47. The van der Waals surface area contributed by atoms with E-state index in [-0.39, 0.29) is 29.4 Å². The minimum absolute atomic E-state index is 0.0200. The van der Waals surface area contributed by atoms with E-state index in [1.807, 2.05) is 60.7 Å². The molecule has 0 unspecified atom stereocenters. The Morgan fingerprint density at radius 2 is 1.36 bits per heavy atom. The fourth-order valence-electron chi connectivity index (χ4n) is 3.63. The number of carbonyl (C=O) groups excluding carboxylic acids is 3. The number of ether oxygens (including phenoxy) is 2. The highest BCUT2D eigenvalue weighted by atomic mass is 35.5. The first-order valence-corrected chi connectivity index (χ1v) is 12.7. The molecular formula is C30H24Cl2N2O5. The molecule has 2 amide bonds. The molecule has 1 atom stereocenters. The van der Waals surface area contributed by atoms with Crippen LogP contribution in [0.15, 0.2) is 103 Å². The number of alkyl carbamates (subject to hydrolysis) is 1. The summed E-state index contributed by atoms with van der Waals surface area (Å²) in [4.78, 5) is 38.9. The van der Waals surface area contributed by atoms with Crippen molar-refractivity contribution < 1.29 is 23.9 Å². The highest BCUT2D eigenvalue weighted by Gasteiger charge is 2.26. The average Bonchev–Trinajstić information content (AvgIpc) is 2.95. The van der Waals surface area contributed by atoms with Gasteiger partial charge in [0.25, 0.3) is 5.91 Å². The Bertz CT molecular complexity index is 1430. The number of anilines is 1. The van der Waals surface area contributed by atoms with Crippen molar-refractivity contribution in [2.75, 3.05) is 5.32 Å². The topological polar surface area (TPSA) is 93.7 Å². The standard InChI is InChI=1S/C30H24Cl2N2O5/c31-22-11-14-24(15-12-22)33-28(35)25-18-23(32)13-16-27(25)39-29(36)26(17-20-7-3-1-4-8-20)34-30(37)38-19-21-9-5-2-6-10-21/h1-16,18,26H,17,19H2,(H,33,35)(H,34,37)/t26-/m0/s1. The molecule has 0 saturated carbocycles. The van der Waals surface area contributed by atoms with Crippen LogP contribution in [-0.2, 0) is 22.6 Å². The molecule has 0 radical (unpaired) electrons. The zero-order valence-corrected chi connectivity index (χ0v) is 22.1. The molecule has 4 aromatic carbocycles. The maximum Gasteiger partial charge on any atom is 0.408 e. The number of esters is 1. The third kappa shape index (κ3) is 8.33. The van der Waals surface area contributed by atoms with E-state index in [4.69, 9.17) is 32.7 Å². The molecule has 9 heteroatoms. The van der Waals surface area contributed by atoms with E-state index >= 15 is 0 Å². The zero-order chi connectivity index (χ0) is 27.6. The molecule has 7 nitrogen and oxygen atoms in total. The van der Waals surface area contributed by atoms with Crippen molar-refractivity contribution >= 4 is 46.9 Å². The molecule has 0 aromatic heterocycles. The van der Waals surface area contributed by atoms with Crippen molar-refractivity contribution in [3.8, 4) is 5.75 Å². The first-order valence-electron chi connectivity index (χ1n) is 12.0. The minimum Gasteiger partial charge on any atom is -0.445 e. The van der Waals surface area contributed by atoms with Gasteiger partial charge in [0, 0.05) is 22.2 Å². The Kier molecular flexibility index (Phi) is 9.56. The van der Waals surface area contributed by atoms with Gasteiger partial charge in [-0.2, -0.15) is 0 Å². The van der Waals surface area contributed by atoms with Crippen LogP contribution in [0.5, 0.6) is 5.75 Å². The molecule has 198 valence electrons. The predicted octanol–water partition coefficient (Wildman–Crippen LogP) is 6.69. The van der Waals surface area contributed by atoms with Crippen LogP contribution in [0.2, 0.25) is 10.0 Å². The van der Waals surface area contributed by atoms with E-state index in [9.17, 15) is 14.4 Å². The molecule has 4 rings (SSSR count). The smallest absolute Gasteiger partial charge is 0.408 e. The van der Waals surface area contributed by atoms with Gasteiger partial charge in [0.05, 0.1) is 5.56 Å². The van der Waals surface area contributed by atoms with Crippen LogP contribution in [0.1, 0.15) is 21.5 Å². The molecule has 2 N–H and O–H groups in total. The van der Waals surface area contributed by atoms with Crippen LogP contribution in [0, 0.1) is 0 Å². The SMILES string of the molecule is O=C(N[C@@H](Cc1ccccc1)C(=O)Oc1ccc(Cl)cc1C(=O)Nc1ccc(Cl)cc1)OCc1ccccc1. The lowest BCUT2D eigenvalue weighted by Crippen LogP contribution is -2.44. The first kappa shape index (κ1) is 27.7. The number of amides is 2. The summed E-state index contributed by atoms with van der Waals surface area (Å²) in [5.74, 6) is -1.34. The number of nitrogens with one attached hydrogen (secondary N) is 2. The van der Waals surface area contributed by atoms with Gasteiger partial charge in [-0.3, -0.25) is 4.79 Å². The summed E-state index contributed by atoms with van der Waals surface area (Å²) in [5, 5.41) is 6.10. The Labute approximate surface area is 235 Å². The lowest BCUT2D eigenvalue weighted by molar-refractivity contribution is -0.136. The van der Waals surface area contributed by atoms with Crippen LogP contribution in [-0.4, -0.2) is 24.0 Å². The Hall–Kier alpha value is -4.33. The predicted molar refractivity (Wildman–Crippen MR) is 150 cm³/mol. The van der Waals surface area contributed by atoms with Gasteiger partial charge in [-0.1, -0.05) is 83.9 Å². The van der Waals surface area contributed by atoms with Gasteiger partial charge in [-0.05, 0) is 53.6 Å². The zero-order valence-electron chi connectivity index (χ0n) is 20.6. The fraction of sp³-hybridized carbons (Fsp3) is 0.100. The number of hydrogen-bond acceptors (Lipinski definition) is 5. The molecule has 39 heavy (non-hydrogen) atoms. The maximum atomic E-state index is 13.3. The molecule has 0 aliphatic rings. The summed E-state index contributed by atoms with van der Waals surface area (Å²) in [5.41, 5.74) is 2.12. The second-order valence-corrected chi connectivity index (χ2v) is 9.34. The number of rotatable bonds is 9. The van der Waals surface area contributed by atoms with Gasteiger partial charge < -0.3 is 20.1 Å². The summed E-state index contributed by atoms with van der Waals surface area (Å²) in [7, 11) is 0. The van der Waals surface area contributed by atoms with Crippen LogP contribution < -0.4 is 15.4 Å². The van der Waals surface area contributed by atoms with E-state index in [0.717, 1.165) is 11.1 Å². The summed E-state index contributed by atoms with van der Waals surface area (Å²) in [6.07, 6.45) is -0.645. The van der Waals surface area contributed by atoms with Gasteiger partial charge >= 0.3 is 12.1 Å². The number of hydrogen-bond donors (Lipinski definition) is 2. The van der Waals surface area contributed by atoms with Crippen molar-refractivity contribution in [2.45, 2.75) is 19.1 Å². The summed E-state index contributed by atoms with van der Waals surface area (Å²) in [6, 6.07) is 28.0. The normalized spacial score (nSPS) is 11.2. The summed E-state index contributed by atoms with van der Waals surface area (Å²) in [6.45, 7) is 0.0337. The van der Waals surface area contributed by atoms with E-state index in [1.54, 1.807) is 24.3 Å². The van der Waals surface area contributed by atoms with E-state index < -0.39 is 24.0 Å². The molecule has 0 heterocycles. The monoisotopic (exact) mass is 562 g/mol. The summed E-state index contributed by atoms with van der Waals surface area (Å²) >= 11 is 12.1. The molecule has 0 bridgehead atoms. The minimum atomic E-state index is -1.10. The van der Waals surface area contributed by atoms with Crippen LogP contribution >= 0.6 is 23.2 Å². The van der Waals surface area contributed by atoms with Gasteiger partial charge in [0.1, 0.15) is 18.4 Å². The van der Waals surface area contributed by atoms with Crippen molar-refractivity contribution in [2.24, 2.45) is 0 Å². The highest BCUT2D eigenvalue weighted by Crippen LogP contribution is 2.25.